The summed E-state index contributed by atoms with van der Waals surface area (Å²) < 4.78 is 13.5. The first-order valence-corrected chi connectivity index (χ1v) is 7.59. The molecule has 0 bridgehead atoms. The van der Waals surface area contributed by atoms with E-state index in [0.29, 0.717) is 11.6 Å². The number of piperidine rings is 1. The van der Waals surface area contributed by atoms with E-state index in [4.69, 9.17) is 5.11 Å². The molecule has 1 saturated heterocycles. The Kier molecular flexibility index (Phi) is 5.37. The van der Waals surface area contributed by atoms with Crippen molar-refractivity contribution in [2.45, 2.75) is 45.1 Å². The summed E-state index contributed by atoms with van der Waals surface area (Å²) in [5, 5.41) is 8.79. The van der Waals surface area contributed by atoms with Crippen molar-refractivity contribution in [3.05, 3.63) is 35.7 Å². The molecule has 1 unspecified atom stereocenters. The summed E-state index contributed by atoms with van der Waals surface area (Å²) >= 11 is 0. The van der Waals surface area contributed by atoms with Crippen LogP contribution in [-0.4, -0.2) is 23.7 Å². The number of nitrogens with zero attached hydrogens (tertiary/aromatic N) is 1. The van der Waals surface area contributed by atoms with Crippen molar-refractivity contribution in [1.82, 2.24) is 0 Å². The highest BCUT2D eigenvalue weighted by Gasteiger charge is 2.23. The lowest BCUT2D eigenvalue weighted by Gasteiger charge is -2.38. The molecule has 1 fully saturated rings. The predicted molar refractivity (Wildman–Crippen MR) is 83.0 cm³/mol. The maximum atomic E-state index is 13.5. The van der Waals surface area contributed by atoms with E-state index in [-0.39, 0.29) is 5.82 Å². The van der Waals surface area contributed by atoms with Gasteiger partial charge in [0, 0.05) is 29.9 Å². The summed E-state index contributed by atoms with van der Waals surface area (Å²) in [6, 6.07) is 5.09. The second-order valence-corrected chi connectivity index (χ2v) is 5.51. The van der Waals surface area contributed by atoms with Crippen molar-refractivity contribution in [2.75, 3.05) is 11.4 Å². The Morgan fingerprint density at radius 1 is 1.48 bits per heavy atom. The van der Waals surface area contributed by atoms with Crippen molar-refractivity contribution >= 4 is 17.7 Å². The van der Waals surface area contributed by atoms with E-state index in [0.717, 1.165) is 44.0 Å². The Labute approximate surface area is 125 Å². The van der Waals surface area contributed by atoms with Gasteiger partial charge in [-0.1, -0.05) is 13.3 Å². The van der Waals surface area contributed by atoms with Gasteiger partial charge < -0.3 is 10.0 Å². The molecular weight excluding hydrogens is 269 g/mol. The molecule has 0 aliphatic carbocycles. The maximum Gasteiger partial charge on any atom is 0.328 e. The van der Waals surface area contributed by atoms with Gasteiger partial charge in [0.2, 0.25) is 0 Å². The molecule has 1 aromatic rings. The minimum Gasteiger partial charge on any atom is -0.478 e. The van der Waals surface area contributed by atoms with Gasteiger partial charge in [-0.2, -0.15) is 0 Å². The van der Waals surface area contributed by atoms with Crippen LogP contribution in [0.5, 0.6) is 0 Å². The van der Waals surface area contributed by atoms with Gasteiger partial charge in [0.05, 0.1) is 0 Å². The van der Waals surface area contributed by atoms with Gasteiger partial charge in [0.25, 0.3) is 0 Å². The maximum absolute atomic E-state index is 13.5. The van der Waals surface area contributed by atoms with E-state index in [1.54, 1.807) is 6.07 Å². The Balaban J connectivity index is 2.34. The highest BCUT2D eigenvalue weighted by molar-refractivity contribution is 5.87. The molecule has 0 radical (unpaired) electrons. The summed E-state index contributed by atoms with van der Waals surface area (Å²) in [5.41, 5.74) is 1.58. The number of carbonyl (C=O) groups is 1. The molecule has 1 N–H and O–H groups in total. The first-order chi connectivity index (χ1) is 10.1. The third kappa shape index (κ3) is 4.06. The molecule has 1 atom stereocenters. The average Bonchev–Trinajstić information content (AvgIpc) is 2.46. The molecular formula is C17H22FNO2. The third-order valence-corrected chi connectivity index (χ3v) is 3.95. The van der Waals surface area contributed by atoms with Crippen LogP contribution >= 0.6 is 0 Å². The van der Waals surface area contributed by atoms with Crippen molar-refractivity contribution in [2.24, 2.45) is 0 Å². The molecule has 0 amide bonds. The Bertz CT molecular complexity index is 526. The number of hydrogen-bond acceptors (Lipinski definition) is 2. The topological polar surface area (TPSA) is 40.5 Å². The van der Waals surface area contributed by atoms with Crippen LogP contribution < -0.4 is 4.90 Å². The number of benzene rings is 1. The molecule has 0 spiro atoms. The molecule has 1 heterocycles. The minimum atomic E-state index is -1.02. The fourth-order valence-corrected chi connectivity index (χ4v) is 3.03. The second kappa shape index (κ2) is 7.25. The van der Waals surface area contributed by atoms with E-state index < -0.39 is 5.97 Å². The predicted octanol–water partition coefficient (Wildman–Crippen LogP) is 4.08. The normalized spacial score (nSPS) is 19.1. The van der Waals surface area contributed by atoms with Crippen molar-refractivity contribution in [3.63, 3.8) is 0 Å². The average molecular weight is 291 g/mol. The molecule has 21 heavy (non-hydrogen) atoms. The van der Waals surface area contributed by atoms with E-state index in [1.165, 1.54) is 24.6 Å². The van der Waals surface area contributed by atoms with Crippen LogP contribution in [0.25, 0.3) is 6.08 Å². The van der Waals surface area contributed by atoms with Gasteiger partial charge in [0.15, 0.2) is 0 Å². The Hall–Kier alpha value is -1.84. The molecule has 1 aromatic carbocycles. The highest BCUT2D eigenvalue weighted by Crippen LogP contribution is 2.31. The number of hydrogen-bond donors (Lipinski definition) is 1. The molecule has 1 aliphatic rings. The first-order valence-electron chi connectivity index (χ1n) is 7.59. The monoisotopic (exact) mass is 291 g/mol. The quantitative estimate of drug-likeness (QED) is 0.831. The summed E-state index contributed by atoms with van der Waals surface area (Å²) in [7, 11) is 0. The van der Waals surface area contributed by atoms with Crippen molar-refractivity contribution in [1.29, 1.82) is 0 Å². The zero-order valence-electron chi connectivity index (χ0n) is 12.4. The summed E-state index contributed by atoms with van der Waals surface area (Å²) in [4.78, 5) is 13.0. The fraction of sp³-hybridized carbons (Fsp3) is 0.471. The van der Waals surface area contributed by atoms with Crippen LogP contribution in [0.2, 0.25) is 0 Å². The van der Waals surface area contributed by atoms with Gasteiger partial charge in [-0.25, -0.2) is 9.18 Å². The van der Waals surface area contributed by atoms with Crippen LogP contribution in [0, 0.1) is 5.82 Å². The number of aliphatic carboxylic acids is 1. The number of anilines is 1. The van der Waals surface area contributed by atoms with Crippen LogP contribution in [0.15, 0.2) is 24.3 Å². The number of halogens is 1. The van der Waals surface area contributed by atoms with Gasteiger partial charge in [0.1, 0.15) is 5.82 Å². The second-order valence-electron chi connectivity index (χ2n) is 5.51. The number of rotatable bonds is 5. The van der Waals surface area contributed by atoms with Crippen molar-refractivity contribution in [3.8, 4) is 0 Å². The summed E-state index contributed by atoms with van der Waals surface area (Å²) in [6.45, 7) is 3.12. The van der Waals surface area contributed by atoms with Gasteiger partial charge in [-0.3, -0.25) is 0 Å². The van der Waals surface area contributed by atoms with Crippen LogP contribution in [0.1, 0.15) is 44.6 Å². The summed E-state index contributed by atoms with van der Waals surface area (Å²) in [5.74, 6) is -1.36. The molecule has 3 nitrogen and oxygen atoms in total. The SMILES string of the molecule is CCCC1CCCCN1c1ccc(F)cc1/C=C/C(=O)O. The van der Waals surface area contributed by atoms with Crippen molar-refractivity contribution < 1.29 is 14.3 Å². The van der Waals surface area contributed by atoms with Crippen LogP contribution in [0.4, 0.5) is 10.1 Å². The fourth-order valence-electron chi connectivity index (χ4n) is 3.03. The van der Waals surface area contributed by atoms with Crippen LogP contribution in [0.3, 0.4) is 0 Å². The zero-order chi connectivity index (χ0) is 15.2. The first kappa shape index (κ1) is 15.5. The molecule has 2 rings (SSSR count). The zero-order valence-corrected chi connectivity index (χ0v) is 12.4. The minimum absolute atomic E-state index is 0.340. The lowest BCUT2D eigenvalue weighted by Crippen LogP contribution is -2.39. The largest absolute Gasteiger partial charge is 0.478 e. The van der Waals surface area contributed by atoms with Gasteiger partial charge in [-0.15, -0.1) is 0 Å². The van der Waals surface area contributed by atoms with Crippen LogP contribution in [-0.2, 0) is 4.79 Å². The smallest absolute Gasteiger partial charge is 0.328 e. The standard InChI is InChI=1S/C17H22FNO2/c1-2-5-15-6-3-4-11-19(15)16-9-8-14(18)12-13(16)7-10-17(20)21/h7-10,12,15H,2-6,11H2,1H3,(H,20,21)/b10-7+. The molecule has 1 aliphatic heterocycles. The number of carboxylic acid groups (broad SMARTS) is 1. The van der Waals surface area contributed by atoms with E-state index in [1.807, 2.05) is 0 Å². The lowest BCUT2D eigenvalue weighted by molar-refractivity contribution is -0.131. The van der Waals surface area contributed by atoms with Gasteiger partial charge in [-0.05, 0) is 50.0 Å². The third-order valence-electron chi connectivity index (χ3n) is 3.95. The van der Waals surface area contributed by atoms with E-state index in [2.05, 4.69) is 11.8 Å². The molecule has 0 saturated carbocycles. The summed E-state index contributed by atoms with van der Waals surface area (Å²) in [6.07, 6.45) is 8.27. The Morgan fingerprint density at radius 3 is 3.00 bits per heavy atom. The molecule has 4 heteroatoms. The lowest BCUT2D eigenvalue weighted by atomic mass is 9.96. The Morgan fingerprint density at radius 2 is 2.29 bits per heavy atom. The highest BCUT2D eigenvalue weighted by atomic mass is 19.1. The van der Waals surface area contributed by atoms with E-state index >= 15 is 0 Å². The van der Waals surface area contributed by atoms with E-state index in [9.17, 15) is 9.18 Å². The number of carboxylic acids is 1. The molecule has 0 aromatic heterocycles. The van der Waals surface area contributed by atoms with Gasteiger partial charge >= 0.3 is 5.97 Å². The molecule has 114 valence electrons.